The predicted molar refractivity (Wildman–Crippen MR) is 127 cm³/mol. The van der Waals surface area contributed by atoms with Crippen LogP contribution in [0, 0.1) is 0 Å². The Morgan fingerprint density at radius 1 is 0.941 bits per heavy atom. The van der Waals surface area contributed by atoms with Crippen LogP contribution in [-0.4, -0.2) is 45.5 Å². The molecule has 2 amide bonds. The van der Waals surface area contributed by atoms with Crippen LogP contribution in [0.2, 0.25) is 0 Å². The Kier molecular flexibility index (Phi) is 8.17. The molecule has 0 saturated heterocycles. The summed E-state index contributed by atoms with van der Waals surface area (Å²) in [6.07, 6.45) is 1.40. The van der Waals surface area contributed by atoms with Gasteiger partial charge >= 0.3 is 0 Å². The molecule has 0 fully saturated rings. The SMILES string of the molecule is COCCNC(=O)c1ccc(Oc2ccc(NS(=O)(=O)c3ccc(NC(C)=O)cc3)cc2)nc1. The van der Waals surface area contributed by atoms with E-state index in [0.717, 1.165) is 0 Å². The minimum absolute atomic E-state index is 0.0532. The molecule has 178 valence electrons. The summed E-state index contributed by atoms with van der Waals surface area (Å²) >= 11 is 0. The number of pyridine rings is 1. The van der Waals surface area contributed by atoms with Gasteiger partial charge in [-0.1, -0.05) is 0 Å². The number of nitrogens with one attached hydrogen (secondary N) is 3. The van der Waals surface area contributed by atoms with E-state index in [2.05, 4.69) is 20.3 Å². The Morgan fingerprint density at radius 3 is 2.21 bits per heavy atom. The number of hydrogen-bond donors (Lipinski definition) is 3. The van der Waals surface area contributed by atoms with E-state index in [1.165, 1.54) is 37.4 Å². The monoisotopic (exact) mass is 484 g/mol. The van der Waals surface area contributed by atoms with Gasteiger partial charge in [0, 0.05) is 44.2 Å². The number of nitrogens with zero attached hydrogens (tertiary/aromatic N) is 1. The Labute approximate surface area is 197 Å². The highest BCUT2D eigenvalue weighted by molar-refractivity contribution is 7.92. The topological polar surface area (TPSA) is 136 Å². The minimum Gasteiger partial charge on any atom is -0.439 e. The normalized spacial score (nSPS) is 10.9. The van der Waals surface area contributed by atoms with E-state index in [4.69, 9.17) is 9.47 Å². The van der Waals surface area contributed by atoms with E-state index in [9.17, 15) is 18.0 Å². The lowest BCUT2D eigenvalue weighted by Crippen LogP contribution is -2.26. The lowest BCUT2D eigenvalue weighted by molar-refractivity contribution is -0.114. The number of rotatable bonds is 10. The molecule has 1 aromatic heterocycles. The van der Waals surface area contributed by atoms with Crippen LogP contribution in [0.5, 0.6) is 11.6 Å². The van der Waals surface area contributed by atoms with Crippen molar-refractivity contribution in [2.45, 2.75) is 11.8 Å². The van der Waals surface area contributed by atoms with Gasteiger partial charge in [-0.05, 0) is 54.6 Å². The standard InChI is InChI=1S/C23H24N4O6S/c1-16(28)26-18-6-10-21(11-7-18)34(30,31)27-19-4-8-20(9-5-19)33-22-12-3-17(15-25-22)23(29)24-13-14-32-2/h3-12,15,27H,13-14H2,1-2H3,(H,24,29)(H,26,28). The Balaban J connectivity index is 1.59. The van der Waals surface area contributed by atoms with Crippen molar-refractivity contribution in [3.63, 3.8) is 0 Å². The number of methoxy groups -OCH3 is 1. The molecule has 3 N–H and O–H groups in total. The van der Waals surface area contributed by atoms with Crippen molar-refractivity contribution >= 4 is 33.2 Å². The third-order valence-electron chi connectivity index (χ3n) is 4.40. The van der Waals surface area contributed by atoms with E-state index >= 15 is 0 Å². The largest absolute Gasteiger partial charge is 0.439 e. The molecule has 2 aromatic carbocycles. The van der Waals surface area contributed by atoms with Crippen molar-refractivity contribution in [2.75, 3.05) is 30.3 Å². The quantitative estimate of drug-likeness (QED) is 0.376. The number of anilines is 2. The fraction of sp³-hybridized carbons (Fsp3) is 0.174. The first kappa shape index (κ1) is 24.7. The molecule has 0 spiro atoms. The van der Waals surface area contributed by atoms with E-state index < -0.39 is 10.0 Å². The molecule has 0 atom stereocenters. The van der Waals surface area contributed by atoms with Gasteiger partial charge in [-0.3, -0.25) is 14.3 Å². The number of benzene rings is 2. The van der Waals surface area contributed by atoms with E-state index in [1.807, 2.05) is 0 Å². The molecule has 0 saturated carbocycles. The Hall–Kier alpha value is -3.96. The summed E-state index contributed by atoms with van der Waals surface area (Å²) in [5.74, 6) is 0.205. The van der Waals surface area contributed by atoms with Crippen LogP contribution >= 0.6 is 0 Å². The summed E-state index contributed by atoms with van der Waals surface area (Å²) in [6, 6.07) is 15.2. The van der Waals surface area contributed by atoms with Crippen molar-refractivity contribution in [1.29, 1.82) is 0 Å². The van der Waals surface area contributed by atoms with Crippen molar-refractivity contribution in [3.05, 3.63) is 72.4 Å². The first-order valence-corrected chi connectivity index (χ1v) is 11.7. The van der Waals surface area contributed by atoms with Crippen LogP contribution in [0.15, 0.2) is 71.8 Å². The van der Waals surface area contributed by atoms with Gasteiger partial charge in [0.1, 0.15) is 5.75 Å². The third-order valence-corrected chi connectivity index (χ3v) is 5.80. The van der Waals surface area contributed by atoms with Crippen LogP contribution in [0.25, 0.3) is 0 Å². The number of carbonyl (C=O) groups excluding carboxylic acids is 2. The van der Waals surface area contributed by atoms with Gasteiger partial charge in [0.05, 0.1) is 17.1 Å². The molecule has 11 heteroatoms. The Morgan fingerprint density at radius 2 is 1.62 bits per heavy atom. The van der Waals surface area contributed by atoms with Gasteiger partial charge in [-0.15, -0.1) is 0 Å². The van der Waals surface area contributed by atoms with Gasteiger partial charge in [0.15, 0.2) is 0 Å². The molecule has 0 unspecified atom stereocenters. The summed E-state index contributed by atoms with van der Waals surface area (Å²) in [5.41, 5.74) is 1.23. The molecule has 1 heterocycles. The number of amides is 2. The summed E-state index contributed by atoms with van der Waals surface area (Å²) in [4.78, 5) is 27.2. The number of hydrogen-bond acceptors (Lipinski definition) is 7. The lowest BCUT2D eigenvalue weighted by Gasteiger charge is -2.10. The molecule has 0 aliphatic heterocycles. The number of sulfonamides is 1. The first-order valence-electron chi connectivity index (χ1n) is 10.2. The number of carbonyl (C=O) groups is 2. The minimum atomic E-state index is -3.81. The maximum atomic E-state index is 12.6. The molecule has 3 rings (SSSR count). The molecule has 0 bridgehead atoms. The maximum Gasteiger partial charge on any atom is 0.261 e. The van der Waals surface area contributed by atoms with E-state index in [1.54, 1.807) is 43.5 Å². The third kappa shape index (κ3) is 7.02. The number of aromatic nitrogens is 1. The van der Waals surface area contributed by atoms with Crippen molar-refractivity contribution in [3.8, 4) is 11.6 Å². The lowest BCUT2D eigenvalue weighted by atomic mass is 10.2. The van der Waals surface area contributed by atoms with Crippen LogP contribution in [0.1, 0.15) is 17.3 Å². The Bertz CT molecular complexity index is 1230. The summed E-state index contributed by atoms with van der Waals surface area (Å²) in [7, 11) is -2.26. The second-order valence-corrected chi connectivity index (χ2v) is 8.75. The van der Waals surface area contributed by atoms with Crippen molar-refractivity contribution < 1.29 is 27.5 Å². The summed E-state index contributed by atoms with van der Waals surface area (Å²) in [5, 5.41) is 5.28. The summed E-state index contributed by atoms with van der Waals surface area (Å²) < 4.78 is 38.2. The van der Waals surface area contributed by atoms with Crippen LogP contribution in [0.4, 0.5) is 11.4 Å². The molecule has 0 aliphatic rings. The van der Waals surface area contributed by atoms with Gasteiger partial charge < -0.3 is 20.1 Å². The zero-order chi connectivity index (χ0) is 24.6. The molecule has 0 aliphatic carbocycles. The van der Waals surface area contributed by atoms with Gasteiger partial charge in [0.2, 0.25) is 11.8 Å². The highest BCUT2D eigenvalue weighted by Crippen LogP contribution is 2.24. The molecule has 3 aromatic rings. The van der Waals surface area contributed by atoms with Crippen LogP contribution in [0.3, 0.4) is 0 Å². The number of ether oxygens (including phenoxy) is 2. The van der Waals surface area contributed by atoms with Crippen molar-refractivity contribution in [1.82, 2.24) is 10.3 Å². The molecule has 0 radical (unpaired) electrons. The fourth-order valence-corrected chi connectivity index (χ4v) is 3.85. The van der Waals surface area contributed by atoms with Gasteiger partial charge in [-0.25, -0.2) is 13.4 Å². The van der Waals surface area contributed by atoms with Crippen LogP contribution in [-0.2, 0) is 19.6 Å². The average molecular weight is 485 g/mol. The molecule has 10 nitrogen and oxygen atoms in total. The predicted octanol–water partition coefficient (Wildman–Crippen LogP) is 3.01. The second kappa shape index (κ2) is 11.3. The highest BCUT2D eigenvalue weighted by Gasteiger charge is 2.14. The first-order chi connectivity index (χ1) is 16.3. The van der Waals surface area contributed by atoms with Crippen LogP contribution < -0.4 is 20.1 Å². The summed E-state index contributed by atoms with van der Waals surface area (Å²) in [6.45, 7) is 2.18. The smallest absolute Gasteiger partial charge is 0.261 e. The van der Waals surface area contributed by atoms with Gasteiger partial charge in [0.25, 0.3) is 15.9 Å². The fourth-order valence-electron chi connectivity index (χ4n) is 2.79. The second-order valence-electron chi connectivity index (χ2n) is 7.07. The zero-order valence-corrected chi connectivity index (χ0v) is 19.4. The maximum absolute atomic E-state index is 12.6. The molecule has 34 heavy (non-hydrogen) atoms. The molecular weight excluding hydrogens is 460 g/mol. The highest BCUT2D eigenvalue weighted by atomic mass is 32.2. The molecular formula is C23H24N4O6S. The van der Waals surface area contributed by atoms with E-state index in [0.29, 0.717) is 35.8 Å². The van der Waals surface area contributed by atoms with Crippen molar-refractivity contribution in [2.24, 2.45) is 0 Å². The van der Waals surface area contributed by atoms with E-state index in [-0.39, 0.29) is 22.6 Å². The van der Waals surface area contributed by atoms with Gasteiger partial charge in [-0.2, -0.15) is 0 Å². The zero-order valence-electron chi connectivity index (χ0n) is 18.6. The average Bonchev–Trinajstić information content (AvgIpc) is 2.81.